The molecule has 1 aliphatic heterocycles. The summed E-state index contributed by atoms with van der Waals surface area (Å²) in [5.74, 6) is -1.05. The van der Waals surface area contributed by atoms with Gasteiger partial charge in [0, 0.05) is 36.4 Å². The molecule has 7 heteroatoms. The second kappa shape index (κ2) is 6.70. The van der Waals surface area contributed by atoms with Gasteiger partial charge < -0.3 is 15.0 Å². The fraction of sp³-hybridized carbons (Fsp3) is 0.263. The number of ether oxygens (including phenoxy) is 1. The number of aromatic nitrogens is 2. The molecular formula is C19H17ClFN3O2. The summed E-state index contributed by atoms with van der Waals surface area (Å²) in [7, 11) is 0. The zero-order valence-corrected chi connectivity index (χ0v) is 14.7. The van der Waals surface area contributed by atoms with Gasteiger partial charge >= 0.3 is 0 Å². The lowest BCUT2D eigenvalue weighted by Gasteiger charge is -2.24. The van der Waals surface area contributed by atoms with Crippen LogP contribution in [0.1, 0.15) is 29.4 Å². The Kier molecular flexibility index (Phi) is 4.38. The van der Waals surface area contributed by atoms with Crippen LogP contribution in [0.25, 0.3) is 22.2 Å². The highest BCUT2D eigenvalue weighted by Crippen LogP contribution is 2.35. The fourth-order valence-electron chi connectivity index (χ4n) is 3.40. The molecule has 0 radical (unpaired) electrons. The second-order valence-corrected chi connectivity index (χ2v) is 6.76. The van der Waals surface area contributed by atoms with E-state index >= 15 is 0 Å². The van der Waals surface area contributed by atoms with Crippen LogP contribution in [-0.2, 0) is 4.74 Å². The fourth-order valence-corrected chi connectivity index (χ4v) is 3.52. The molecule has 134 valence electrons. The summed E-state index contributed by atoms with van der Waals surface area (Å²) in [4.78, 5) is 16.0. The Morgan fingerprint density at radius 1 is 1.27 bits per heavy atom. The number of primary amides is 1. The van der Waals surface area contributed by atoms with E-state index in [4.69, 9.17) is 22.1 Å². The maximum absolute atomic E-state index is 14.0. The number of carbonyl (C=O) groups is 1. The van der Waals surface area contributed by atoms with Crippen molar-refractivity contribution in [1.82, 2.24) is 9.55 Å². The van der Waals surface area contributed by atoms with Gasteiger partial charge in [-0.3, -0.25) is 4.79 Å². The lowest BCUT2D eigenvalue weighted by molar-refractivity contribution is 0.0706. The first-order chi connectivity index (χ1) is 12.5. The van der Waals surface area contributed by atoms with E-state index in [1.165, 1.54) is 12.1 Å². The zero-order valence-electron chi connectivity index (χ0n) is 13.9. The van der Waals surface area contributed by atoms with Crippen molar-refractivity contribution in [2.45, 2.75) is 18.9 Å². The van der Waals surface area contributed by atoms with E-state index in [-0.39, 0.29) is 16.8 Å². The summed E-state index contributed by atoms with van der Waals surface area (Å²) in [6.07, 6.45) is 3.66. The predicted molar refractivity (Wildman–Crippen MR) is 97.7 cm³/mol. The van der Waals surface area contributed by atoms with Crippen molar-refractivity contribution < 1.29 is 13.9 Å². The number of carbonyl (C=O) groups excluding carboxylic acids is 1. The number of nitrogens with two attached hydrogens (primary N) is 1. The zero-order chi connectivity index (χ0) is 18.3. The normalized spacial score (nSPS) is 15.5. The van der Waals surface area contributed by atoms with Gasteiger partial charge in [-0.25, -0.2) is 9.37 Å². The molecule has 1 amide bonds. The Labute approximate surface area is 154 Å². The summed E-state index contributed by atoms with van der Waals surface area (Å²) in [6.45, 7) is 1.34. The Hall–Kier alpha value is -2.44. The standard InChI is InChI=1S/C19H17ClFN3O2/c20-15-3-1-11(9-16(15)21)14-10-24(12-5-7-26-8-6-12)19-13(14)2-4-17(23-19)18(22)25/h1-4,9-10,12H,5-8H2,(H2,22,25). The average molecular weight is 374 g/mol. The molecule has 0 bridgehead atoms. The van der Waals surface area contributed by atoms with E-state index in [1.807, 2.05) is 10.8 Å². The Bertz CT molecular complexity index is 996. The van der Waals surface area contributed by atoms with Gasteiger partial charge in [0.1, 0.15) is 17.2 Å². The first-order valence-electron chi connectivity index (χ1n) is 8.39. The Morgan fingerprint density at radius 2 is 2.04 bits per heavy atom. The Balaban J connectivity index is 1.92. The smallest absolute Gasteiger partial charge is 0.267 e. The van der Waals surface area contributed by atoms with Gasteiger partial charge in [-0.1, -0.05) is 17.7 Å². The van der Waals surface area contributed by atoms with Crippen LogP contribution in [0.5, 0.6) is 0 Å². The van der Waals surface area contributed by atoms with Crippen molar-refractivity contribution in [1.29, 1.82) is 0 Å². The van der Waals surface area contributed by atoms with E-state index in [0.717, 1.165) is 23.8 Å². The minimum atomic E-state index is -0.578. The van der Waals surface area contributed by atoms with Crippen LogP contribution >= 0.6 is 11.6 Å². The van der Waals surface area contributed by atoms with Gasteiger partial charge in [0.25, 0.3) is 5.91 Å². The molecule has 3 aromatic rings. The molecule has 0 atom stereocenters. The van der Waals surface area contributed by atoms with Crippen LogP contribution < -0.4 is 5.73 Å². The molecule has 5 nitrogen and oxygen atoms in total. The van der Waals surface area contributed by atoms with E-state index in [0.29, 0.717) is 24.4 Å². The summed E-state index contributed by atoms with van der Waals surface area (Å²) < 4.78 is 21.5. The topological polar surface area (TPSA) is 70.1 Å². The molecular weight excluding hydrogens is 357 g/mol. The third-order valence-electron chi connectivity index (χ3n) is 4.75. The quantitative estimate of drug-likeness (QED) is 0.755. The maximum Gasteiger partial charge on any atom is 0.267 e. The summed E-state index contributed by atoms with van der Waals surface area (Å²) in [5, 5.41) is 0.916. The van der Waals surface area contributed by atoms with E-state index < -0.39 is 11.7 Å². The highest BCUT2D eigenvalue weighted by Gasteiger charge is 2.22. The van der Waals surface area contributed by atoms with Crippen molar-refractivity contribution >= 4 is 28.5 Å². The number of hydrogen-bond acceptors (Lipinski definition) is 3. The number of hydrogen-bond donors (Lipinski definition) is 1. The number of nitrogens with zero attached hydrogens (tertiary/aromatic N) is 2. The van der Waals surface area contributed by atoms with Crippen molar-refractivity contribution in [3.63, 3.8) is 0 Å². The lowest BCUT2D eigenvalue weighted by atomic mass is 10.1. The molecule has 0 unspecified atom stereocenters. The number of halogens is 2. The molecule has 2 N–H and O–H groups in total. The first-order valence-corrected chi connectivity index (χ1v) is 8.77. The van der Waals surface area contributed by atoms with E-state index in [2.05, 4.69) is 4.98 Å². The van der Waals surface area contributed by atoms with E-state index in [1.54, 1.807) is 18.2 Å². The largest absolute Gasteiger partial charge is 0.381 e. The lowest BCUT2D eigenvalue weighted by Crippen LogP contribution is -2.20. The molecule has 1 saturated heterocycles. The van der Waals surface area contributed by atoms with Crippen molar-refractivity contribution in [3.8, 4) is 11.1 Å². The molecule has 1 aromatic carbocycles. The van der Waals surface area contributed by atoms with Crippen LogP contribution in [-0.4, -0.2) is 28.7 Å². The molecule has 0 spiro atoms. The van der Waals surface area contributed by atoms with Crippen molar-refractivity contribution in [2.24, 2.45) is 5.73 Å². The summed E-state index contributed by atoms with van der Waals surface area (Å²) >= 11 is 5.81. The maximum atomic E-state index is 14.0. The third kappa shape index (κ3) is 2.95. The van der Waals surface area contributed by atoms with Crippen LogP contribution in [0, 0.1) is 5.82 Å². The molecule has 26 heavy (non-hydrogen) atoms. The van der Waals surface area contributed by atoms with Crippen LogP contribution in [0.3, 0.4) is 0 Å². The molecule has 1 aliphatic rings. The number of rotatable bonds is 3. The number of benzene rings is 1. The van der Waals surface area contributed by atoms with Gasteiger partial charge in [-0.2, -0.15) is 0 Å². The van der Waals surface area contributed by atoms with Gasteiger partial charge in [-0.05, 0) is 42.7 Å². The van der Waals surface area contributed by atoms with Crippen molar-refractivity contribution in [2.75, 3.05) is 13.2 Å². The number of pyridine rings is 1. The van der Waals surface area contributed by atoms with Gasteiger partial charge in [0.2, 0.25) is 0 Å². The van der Waals surface area contributed by atoms with Gasteiger partial charge in [-0.15, -0.1) is 0 Å². The summed E-state index contributed by atoms with van der Waals surface area (Å²) in [6, 6.07) is 8.32. The highest BCUT2D eigenvalue weighted by molar-refractivity contribution is 6.30. The van der Waals surface area contributed by atoms with Crippen LogP contribution in [0.4, 0.5) is 4.39 Å². The molecule has 0 saturated carbocycles. The highest BCUT2D eigenvalue weighted by atomic mass is 35.5. The monoisotopic (exact) mass is 373 g/mol. The number of amides is 1. The minimum absolute atomic E-state index is 0.0797. The molecule has 0 aliphatic carbocycles. The second-order valence-electron chi connectivity index (χ2n) is 6.35. The van der Waals surface area contributed by atoms with Gasteiger partial charge in [0.05, 0.1) is 5.02 Å². The van der Waals surface area contributed by atoms with Crippen LogP contribution in [0.15, 0.2) is 36.5 Å². The number of fused-ring (bicyclic) bond motifs is 1. The summed E-state index contributed by atoms with van der Waals surface area (Å²) in [5.41, 5.74) is 7.81. The first kappa shape index (κ1) is 17.0. The minimum Gasteiger partial charge on any atom is -0.381 e. The van der Waals surface area contributed by atoms with Crippen molar-refractivity contribution in [3.05, 3.63) is 53.1 Å². The SMILES string of the molecule is NC(=O)c1ccc2c(-c3ccc(Cl)c(F)c3)cn(C3CCOCC3)c2n1. The van der Waals surface area contributed by atoms with Gasteiger partial charge in [0.15, 0.2) is 0 Å². The average Bonchev–Trinajstić information content (AvgIpc) is 3.03. The molecule has 2 aromatic heterocycles. The molecule has 3 heterocycles. The predicted octanol–water partition coefficient (Wildman–Crippen LogP) is 3.95. The van der Waals surface area contributed by atoms with E-state index in [9.17, 15) is 9.18 Å². The molecule has 4 rings (SSSR count). The van der Waals surface area contributed by atoms with Crippen LogP contribution in [0.2, 0.25) is 5.02 Å². The Morgan fingerprint density at radius 3 is 2.73 bits per heavy atom. The third-order valence-corrected chi connectivity index (χ3v) is 5.05. The molecule has 1 fully saturated rings.